The van der Waals surface area contributed by atoms with Gasteiger partial charge in [-0.25, -0.2) is 4.98 Å². The third-order valence-corrected chi connectivity index (χ3v) is 5.22. The van der Waals surface area contributed by atoms with Gasteiger partial charge in [-0.2, -0.15) is 0 Å². The van der Waals surface area contributed by atoms with Gasteiger partial charge in [-0.3, -0.25) is 0 Å². The summed E-state index contributed by atoms with van der Waals surface area (Å²) in [5.74, 6) is 0. The fraction of sp³-hybridized carbons (Fsp3) is 0. The predicted octanol–water partition coefficient (Wildman–Crippen LogP) is 5.27. The lowest BCUT2D eigenvalue weighted by Crippen LogP contribution is -1.89. The molecule has 0 radical (unpaired) electrons. The Kier molecular flexibility index (Phi) is 2.98. The Morgan fingerprint density at radius 1 is 0.952 bits per heavy atom. The molecule has 4 rings (SSSR count). The first kappa shape index (κ1) is 12.6. The van der Waals surface area contributed by atoms with Gasteiger partial charge in [0, 0.05) is 26.8 Å². The van der Waals surface area contributed by atoms with Crippen LogP contribution in [0.4, 0.5) is 5.69 Å². The van der Waals surface area contributed by atoms with Crippen LogP contribution in [-0.2, 0) is 0 Å². The number of pyridine rings is 1. The largest absolute Gasteiger partial charge is 0.397 e. The van der Waals surface area contributed by atoms with Crippen LogP contribution >= 0.6 is 22.7 Å². The van der Waals surface area contributed by atoms with E-state index < -0.39 is 0 Å². The van der Waals surface area contributed by atoms with E-state index in [0.717, 1.165) is 27.2 Å². The molecule has 21 heavy (non-hydrogen) atoms. The van der Waals surface area contributed by atoms with Crippen molar-refractivity contribution in [3.05, 3.63) is 59.3 Å². The van der Waals surface area contributed by atoms with E-state index in [4.69, 9.17) is 10.7 Å². The molecule has 0 aliphatic carbocycles. The molecule has 0 aliphatic rings. The number of nitrogens with zero attached hydrogens (tertiary/aromatic N) is 1. The van der Waals surface area contributed by atoms with Crippen molar-refractivity contribution in [1.29, 1.82) is 0 Å². The number of nitrogen functional groups attached to an aromatic ring is 1. The van der Waals surface area contributed by atoms with Gasteiger partial charge < -0.3 is 5.73 Å². The molecule has 102 valence electrons. The van der Waals surface area contributed by atoms with Gasteiger partial charge in [0.1, 0.15) is 4.83 Å². The highest BCUT2D eigenvalue weighted by molar-refractivity contribution is 7.17. The number of benzene rings is 1. The molecule has 0 saturated carbocycles. The molecule has 0 bridgehead atoms. The molecule has 2 N–H and O–H groups in total. The van der Waals surface area contributed by atoms with Crippen LogP contribution in [0.15, 0.2) is 59.3 Å². The van der Waals surface area contributed by atoms with Crippen molar-refractivity contribution >= 4 is 38.6 Å². The van der Waals surface area contributed by atoms with Crippen LogP contribution in [0.3, 0.4) is 0 Å². The second-order valence-electron chi connectivity index (χ2n) is 4.77. The lowest BCUT2D eigenvalue weighted by Gasteiger charge is -2.07. The number of nitrogens with two attached hydrogens (primary N) is 1. The fourth-order valence-electron chi connectivity index (χ4n) is 2.45. The molecule has 1 aromatic carbocycles. The Hall–Kier alpha value is -2.17. The summed E-state index contributed by atoms with van der Waals surface area (Å²) in [4.78, 5) is 7.00. The van der Waals surface area contributed by atoms with Crippen molar-refractivity contribution in [3.63, 3.8) is 0 Å². The molecule has 3 heterocycles. The number of rotatable bonds is 2. The van der Waals surface area contributed by atoms with E-state index in [2.05, 4.69) is 35.7 Å². The number of aromatic nitrogens is 1. The first-order valence-electron chi connectivity index (χ1n) is 6.60. The zero-order valence-corrected chi connectivity index (χ0v) is 12.7. The van der Waals surface area contributed by atoms with E-state index in [1.54, 1.807) is 22.7 Å². The summed E-state index contributed by atoms with van der Waals surface area (Å²) in [5, 5.41) is 5.14. The molecule has 0 spiro atoms. The minimum absolute atomic E-state index is 0.811. The molecule has 2 nitrogen and oxygen atoms in total. The summed E-state index contributed by atoms with van der Waals surface area (Å²) < 4.78 is 0. The van der Waals surface area contributed by atoms with Gasteiger partial charge in [-0.15, -0.1) is 22.7 Å². The van der Waals surface area contributed by atoms with Crippen LogP contribution in [0, 0.1) is 0 Å². The lowest BCUT2D eigenvalue weighted by molar-refractivity contribution is 1.43. The van der Waals surface area contributed by atoms with Crippen LogP contribution < -0.4 is 5.73 Å². The summed E-state index contributed by atoms with van der Waals surface area (Å²) in [7, 11) is 0. The van der Waals surface area contributed by atoms with Gasteiger partial charge >= 0.3 is 0 Å². The van der Waals surface area contributed by atoms with Gasteiger partial charge in [0.05, 0.1) is 11.4 Å². The van der Waals surface area contributed by atoms with Crippen molar-refractivity contribution in [1.82, 2.24) is 4.98 Å². The average Bonchev–Trinajstić information content (AvgIpc) is 3.18. The Morgan fingerprint density at radius 3 is 2.57 bits per heavy atom. The maximum absolute atomic E-state index is 6.15. The molecular weight excluding hydrogens is 296 g/mol. The van der Waals surface area contributed by atoms with Crippen molar-refractivity contribution < 1.29 is 0 Å². The Balaban J connectivity index is 2.04. The number of thiophene rings is 2. The second-order valence-corrected chi connectivity index (χ2v) is 6.58. The summed E-state index contributed by atoms with van der Waals surface area (Å²) in [6.45, 7) is 0. The smallest absolute Gasteiger partial charge is 0.126 e. The Bertz CT molecular complexity index is 893. The van der Waals surface area contributed by atoms with Crippen LogP contribution in [0.2, 0.25) is 0 Å². The third-order valence-electron chi connectivity index (χ3n) is 3.43. The molecule has 4 aromatic rings. The van der Waals surface area contributed by atoms with Gasteiger partial charge in [0.25, 0.3) is 0 Å². The SMILES string of the molecule is Nc1csc2nc(-c3ccccc3)cc(-c3cccs3)c12. The monoisotopic (exact) mass is 308 g/mol. The maximum atomic E-state index is 6.15. The van der Waals surface area contributed by atoms with Crippen LogP contribution in [0.5, 0.6) is 0 Å². The summed E-state index contributed by atoms with van der Waals surface area (Å²) in [6.07, 6.45) is 0. The third kappa shape index (κ3) is 2.13. The van der Waals surface area contributed by atoms with Gasteiger partial charge in [-0.1, -0.05) is 36.4 Å². The van der Waals surface area contributed by atoms with Gasteiger partial charge in [0.15, 0.2) is 0 Å². The number of hydrogen-bond donors (Lipinski definition) is 1. The molecular formula is C17H12N2S2. The summed E-state index contributed by atoms with van der Waals surface area (Å²) >= 11 is 3.33. The fourth-order valence-corrected chi connectivity index (χ4v) is 4.05. The zero-order valence-electron chi connectivity index (χ0n) is 11.1. The number of hydrogen-bond acceptors (Lipinski definition) is 4. The maximum Gasteiger partial charge on any atom is 0.126 e. The Labute approximate surface area is 130 Å². The molecule has 0 amide bonds. The normalized spacial score (nSPS) is 11.0. The number of anilines is 1. The van der Waals surface area contributed by atoms with Crippen LogP contribution in [0.25, 0.3) is 31.9 Å². The predicted molar refractivity (Wildman–Crippen MR) is 92.8 cm³/mol. The van der Waals surface area contributed by atoms with E-state index in [1.165, 1.54) is 10.4 Å². The van der Waals surface area contributed by atoms with E-state index >= 15 is 0 Å². The van der Waals surface area contributed by atoms with Crippen molar-refractivity contribution in [3.8, 4) is 21.7 Å². The minimum Gasteiger partial charge on any atom is -0.397 e. The van der Waals surface area contributed by atoms with E-state index in [1.807, 2.05) is 23.6 Å². The zero-order chi connectivity index (χ0) is 14.2. The average molecular weight is 308 g/mol. The second kappa shape index (κ2) is 4.98. The minimum atomic E-state index is 0.811. The first-order chi connectivity index (χ1) is 10.3. The molecule has 0 saturated heterocycles. The molecule has 0 atom stereocenters. The lowest BCUT2D eigenvalue weighted by atomic mass is 10.1. The van der Waals surface area contributed by atoms with E-state index in [0.29, 0.717) is 0 Å². The summed E-state index contributed by atoms with van der Waals surface area (Å²) in [6, 6.07) is 16.6. The molecule has 3 aromatic heterocycles. The van der Waals surface area contributed by atoms with Crippen molar-refractivity contribution in [2.45, 2.75) is 0 Å². The topological polar surface area (TPSA) is 38.9 Å². The molecule has 0 unspecified atom stereocenters. The quantitative estimate of drug-likeness (QED) is 0.547. The van der Waals surface area contributed by atoms with E-state index in [9.17, 15) is 0 Å². The van der Waals surface area contributed by atoms with Crippen LogP contribution in [0.1, 0.15) is 0 Å². The van der Waals surface area contributed by atoms with Crippen molar-refractivity contribution in [2.24, 2.45) is 0 Å². The van der Waals surface area contributed by atoms with Gasteiger partial charge in [-0.05, 0) is 17.5 Å². The first-order valence-corrected chi connectivity index (χ1v) is 8.36. The highest BCUT2D eigenvalue weighted by Gasteiger charge is 2.13. The summed E-state index contributed by atoms with van der Waals surface area (Å²) in [5.41, 5.74) is 10.3. The standard InChI is InChI=1S/C17H12N2S2/c18-13-10-21-17-16(13)12(15-7-4-8-20-15)9-14(19-17)11-5-2-1-3-6-11/h1-10H,18H2. The van der Waals surface area contributed by atoms with E-state index in [-0.39, 0.29) is 0 Å². The van der Waals surface area contributed by atoms with Gasteiger partial charge in [0.2, 0.25) is 0 Å². The molecule has 0 aliphatic heterocycles. The Morgan fingerprint density at radius 2 is 1.81 bits per heavy atom. The highest BCUT2D eigenvalue weighted by Crippen LogP contribution is 2.39. The van der Waals surface area contributed by atoms with Crippen LogP contribution in [-0.4, -0.2) is 4.98 Å². The highest BCUT2D eigenvalue weighted by atomic mass is 32.1. The van der Waals surface area contributed by atoms with Crippen molar-refractivity contribution in [2.75, 3.05) is 5.73 Å². The molecule has 4 heteroatoms. The molecule has 0 fully saturated rings. The number of fused-ring (bicyclic) bond motifs is 1.